The molecule has 1 aliphatic rings. The van der Waals surface area contributed by atoms with Crippen molar-refractivity contribution in [3.05, 3.63) is 48.0 Å². The van der Waals surface area contributed by atoms with Crippen molar-refractivity contribution >= 4 is 31.4 Å². The van der Waals surface area contributed by atoms with Gasteiger partial charge in [-0.2, -0.15) is 0 Å². The maximum atomic E-state index is 13.5. The normalized spacial score (nSPS) is 15.5. The summed E-state index contributed by atoms with van der Waals surface area (Å²) in [5, 5.41) is 3.27. The highest BCUT2D eigenvalue weighted by molar-refractivity contribution is 7.90. The molecule has 0 bridgehead atoms. The molecule has 206 valence electrons. The van der Waals surface area contributed by atoms with E-state index in [-0.39, 0.29) is 34.7 Å². The summed E-state index contributed by atoms with van der Waals surface area (Å²) in [6.07, 6.45) is 0. The Morgan fingerprint density at radius 1 is 0.784 bits per heavy atom. The summed E-state index contributed by atoms with van der Waals surface area (Å²) in [7, 11) is -5.93. The number of likely N-dealkylation sites (N-methyl/N-ethyl adjacent to an activating group) is 1. The predicted molar refractivity (Wildman–Crippen MR) is 150 cm³/mol. The maximum absolute atomic E-state index is 13.5. The van der Waals surface area contributed by atoms with Gasteiger partial charge in [-0.25, -0.2) is 26.3 Å². The molecule has 2 aromatic rings. The molecule has 1 saturated heterocycles. The van der Waals surface area contributed by atoms with Gasteiger partial charge in [0.15, 0.2) is 0 Å². The smallest absolute Gasteiger partial charge is 0.242 e. The average Bonchev–Trinajstić information content (AvgIpc) is 2.85. The molecular formula is C26H41N5O4S2. The number of hydrogen-bond acceptors (Lipinski definition) is 7. The van der Waals surface area contributed by atoms with Crippen molar-refractivity contribution in [1.29, 1.82) is 0 Å². The topological polar surface area (TPSA) is 111 Å². The van der Waals surface area contributed by atoms with Crippen molar-refractivity contribution < 1.29 is 16.8 Å². The second kappa shape index (κ2) is 12.6. The highest BCUT2D eigenvalue weighted by Crippen LogP contribution is 2.35. The van der Waals surface area contributed by atoms with Gasteiger partial charge in [-0.05, 0) is 36.6 Å². The summed E-state index contributed by atoms with van der Waals surface area (Å²) in [5.41, 5.74) is 1.86. The predicted octanol–water partition coefficient (Wildman–Crippen LogP) is 2.92. The first-order valence-corrected chi connectivity index (χ1v) is 15.7. The molecule has 9 nitrogen and oxygen atoms in total. The summed E-state index contributed by atoms with van der Waals surface area (Å²) in [4.78, 5) is 4.11. The lowest BCUT2D eigenvalue weighted by Gasteiger charge is -2.35. The molecule has 0 spiro atoms. The van der Waals surface area contributed by atoms with Crippen LogP contribution < -0.4 is 19.7 Å². The Balaban J connectivity index is 2.14. The van der Waals surface area contributed by atoms with Gasteiger partial charge in [0.1, 0.15) is 9.79 Å². The van der Waals surface area contributed by atoms with Crippen LogP contribution >= 0.6 is 0 Å². The standard InChI is InChI=1S/C26H41N5O4S2/c1-20(2)17-28-36(32,33)25-16-26(37(34,35)29-18-21(3)4)24(31-13-11-30(5)12-14-31)15-23(25)27-19-22-9-7-6-8-10-22/h6-10,15-16,20-21,27-29H,11-14,17-19H2,1-5H3. The SMILES string of the molecule is CC(C)CNS(=O)(=O)c1cc(S(=O)(=O)NCC(C)C)c(N2CCN(C)CC2)cc1NCc1ccccc1. The lowest BCUT2D eigenvalue weighted by molar-refractivity contribution is 0.312. The van der Waals surface area contributed by atoms with Gasteiger partial charge in [0.05, 0.1) is 11.4 Å². The lowest BCUT2D eigenvalue weighted by atomic mass is 10.2. The highest BCUT2D eigenvalue weighted by atomic mass is 32.2. The van der Waals surface area contributed by atoms with Crippen molar-refractivity contribution in [2.24, 2.45) is 11.8 Å². The van der Waals surface area contributed by atoms with Gasteiger partial charge >= 0.3 is 0 Å². The van der Waals surface area contributed by atoms with Crippen LogP contribution in [-0.2, 0) is 26.6 Å². The molecule has 2 aromatic carbocycles. The Bertz CT molecular complexity index is 1240. The number of nitrogens with one attached hydrogen (secondary N) is 3. The minimum absolute atomic E-state index is 0.0205. The zero-order valence-electron chi connectivity index (χ0n) is 22.5. The third-order valence-electron chi connectivity index (χ3n) is 6.17. The third kappa shape index (κ3) is 8.15. The summed E-state index contributed by atoms with van der Waals surface area (Å²) in [5.74, 6) is 0.195. The van der Waals surface area contributed by atoms with Crippen LogP contribution in [0.3, 0.4) is 0 Å². The second-order valence-electron chi connectivity index (χ2n) is 10.4. The molecule has 3 N–H and O–H groups in total. The average molecular weight is 552 g/mol. The fraction of sp³-hybridized carbons (Fsp3) is 0.538. The van der Waals surface area contributed by atoms with E-state index in [0.29, 0.717) is 31.0 Å². The van der Waals surface area contributed by atoms with Crippen LogP contribution in [0.5, 0.6) is 0 Å². The Morgan fingerprint density at radius 2 is 1.32 bits per heavy atom. The molecule has 1 aliphatic heterocycles. The van der Waals surface area contributed by atoms with E-state index >= 15 is 0 Å². The molecule has 11 heteroatoms. The zero-order chi connectivity index (χ0) is 27.2. The molecule has 0 aromatic heterocycles. The largest absolute Gasteiger partial charge is 0.380 e. The molecular weight excluding hydrogens is 510 g/mol. The van der Waals surface area contributed by atoms with E-state index in [9.17, 15) is 16.8 Å². The van der Waals surface area contributed by atoms with Crippen LogP contribution in [0.2, 0.25) is 0 Å². The van der Waals surface area contributed by atoms with Crippen molar-refractivity contribution in [2.45, 2.75) is 44.0 Å². The molecule has 1 heterocycles. The summed E-state index contributed by atoms with van der Waals surface area (Å²) in [6, 6.07) is 12.7. The maximum Gasteiger partial charge on any atom is 0.242 e. The van der Waals surface area contributed by atoms with Gasteiger partial charge in [0, 0.05) is 45.8 Å². The summed E-state index contributed by atoms with van der Waals surface area (Å²) >= 11 is 0. The van der Waals surface area contributed by atoms with Crippen molar-refractivity contribution in [1.82, 2.24) is 14.3 Å². The van der Waals surface area contributed by atoms with E-state index in [0.717, 1.165) is 18.7 Å². The first kappa shape index (κ1) is 29.4. The van der Waals surface area contributed by atoms with Gasteiger partial charge in [-0.15, -0.1) is 0 Å². The second-order valence-corrected chi connectivity index (χ2v) is 13.9. The van der Waals surface area contributed by atoms with E-state index in [1.165, 1.54) is 6.07 Å². The van der Waals surface area contributed by atoms with E-state index < -0.39 is 20.0 Å². The number of sulfonamides is 2. The fourth-order valence-electron chi connectivity index (χ4n) is 3.92. The van der Waals surface area contributed by atoms with Crippen LogP contribution in [0.25, 0.3) is 0 Å². The number of benzene rings is 2. The number of hydrogen-bond donors (Lipinski definition) is 3. The van der Waals surface area contributed by atoms with Gasteiger partial charge in [-0.1, -0.05) is 58.0 Å². The van der Waals surface area contributed by atoms with Crippen LogP contribution in [0.1, 0.15) is 33.3 Å². The Hall–Kier alpha value is -2.18. The van der Waals surface area contributed by atoms with Gasteiger partial charge < -0.3 is 15.1 Å². The highest BCUT2D eigenvalue weighted by Gasteiger charge is 2.30. The fourth-order valence-corrected chi connectivity index (χ4v) is 6.84. The minimum Gasteiger partial charge on any atom is -0.380 e. The van der Waals surface area contributed by atoms with Crippen molar-refractivity contribution in [2.75, 3.05) is 56.5 Å². The molecule has 0 aliphatic carbocycles. The van der Waals surface area contributed by atoms with Crippen LogP contribution in [-0.4, -0.2) is 68.1 Å². The third-order valence-corrected chi connectivity index (χ3v) is 9.09. The van der Waals surface area contributed by atoms with Crippen LogP contribution in [0, 0.1) is 11.8 Å². The van der Waals surface area contributed by atoms with E-state index in [1.807, 2.05) is 70.0 Å². The Kier molecular flexibility index (Phi) is 9.99. The van der Waals surface area contributed by atoms with Gasteiger partial charge in [0.2, 0.25) is 20.0 Å². The first-order valence-electron chi connectivity index (χ1n) is 12.8. The van der Waals surface area contributed by atoms with Gasteiger partial charge in [0.25, 0.3) is 0 Å². The van der Waals surface area contributed by atoms with Crippen molar-refractivity contribution in [3.8, 4) is 0 Å². The first-order chi connectivity index (χ1) is 17.4. The monoisotopic (exact) mass is 551 g/mol. The number of piperazine rings is 1. The molecule has 0 atom stereocenters. The molecule has 37 heavy (non-hydrogen) atoms. The summed E-state index contributed by atoms with van der Waals surface area (Å²) in [6.45, 7) is 11.4. The summed E-state index contributed by atoms with van der Waals surface area (Å²) < 4.78 is 59.3. The molecule has 0 unspecified atom stereocenters. The molecule has 0 radical (unpaired) electrons. The van der Waals surface area contributed by atoms with Crippen molar-refractivity contribution in [3.63, 3.8) is 0 Å². The van der Waals surface area contributed by atoms with Gasteiger partial charge in [-0.3, -0.25) is 0 Å². The van der Waals surface area contributed by atoms with E-state index in [1.54, 1.807) is 6.07 Å². The molecule has 0 saturated carbocycles. The molecule has 3 rings (SSSR count). The quantitative estimate of drug-likeness (QED) is 0.372. The molecule has 1 fully saturated rings. The zero-order valence-corrected chi connectivity index (χ0v) is 24.1. The van der Waals surface area contributed by atoms with Crippen LogP contribution in [0.4, 0.5) is 11.4 Å². The van der Waals surface area contributed by atoms with E-state index in [2.05, 4.69) is 19.7 Å². The Morgan fingerprint density at radius 3 is 1.86 bits per heavy atom. The number of rotatable bonds is 12. The minimum atomic E-state index is -3.99. The van der Waals surface area contributed by atoms with E-state index in [4.69, 9.17) is 0 Å². The number of anilines is 2. The lowest BCUT2D eigenvalue weighted by Crippen LogP contribution is -2.45. The number of nitrogens with zero attached hydrogens (tertiary/aromatic N) is 2. The molecule has 0 amide bonds. The Labute approximate surface area is 222 Å². The van der Waals surface area contributed by atoms with Crippen LogP contribution in [0.15, 0.2) is 52.3 Å².